The van der Waals surface area contributed by atoms with E-state index >= 15 is 0 Å². The lowest BCUT2D eigenvalue weighted by atomic mass is 9.95. The van der Waals surface area contributed by atoms with Crippen LogP contribution in [0.1, 0.15) is 36.8 Å². The van der Waals surface area contributed by atoms with Gasteiger partial charge in [-0.2, -0.15) is 0 Å². The Labute approximate surface area is 88.5 Å². The lowest BCUT2D eigenvalue weighted by Crippen LogP contribution is -2.12. The molecule has 1 aliphatic rings. The minimum absolute atomic E-state index is 0.221. The van der Waals surface area contributed by atoms with Crippen molar-refractivity contribution in [3.8, 4) is 0 Å². The third-order valence-electron chi connectivity index (χ3n) is 2.75. The summed E-state index contributed by atoms with van der Waals surface area (Å²) in [6.07, 6.45) is 0.700. The number of fused-ring (bicyclic) bond motifs is 1. The van der Waals surface area contributed by atoms with Crippen LogP contribution in [0.3, 0.4) is 0 Å². The molecule has 1 aromatic rings. The lowest BCUT2D eigenvalue weighted by molar-refractivity contribution is -0.121. The van der Waals surface area contributed by atoms with Gasteiger partial charge in [0.1, 0.15) is 12.2 Å². The maximum absolute atomic E-state index is 11.4. The summed E-state index contributed by atoms with van der Waals surface area (Å²) in [7, 11) is 0. The van der Waals surface area contributed by atoms with Gasteiger partial charge in [0.25, 0.3) is 0 Å². The Kier molecular flexibility index (Phi) is 2.31. The van der Waals surface area contributed by atoms with Crippen LogP contribution in [0.25, 0.3) is 0 Å². The molecule has 0 bridgehead atoms. The highest BCUT2D eigenvalue weighted by Gasteiger charge is 2.30. The van der Waals surface area contributed by atoms with Crippen LogP contribution >= 0.6 is 0 Å². The van der Waals surface area contributed by atoms with Crippen molar-refractivity contribution >= 4 is 17.9 Å². The summed E-state index contributed by atoms with van der Waals surface area (Å²) in [5.41, 5.74) is 2.72. The Bertz CT molecular complexity index is 424. The fourth-order valence-corrected chi connectivity index (χ4v) is 1.80. The summed E-state index contributed by atoms with van der Waals surface area (Å²) in [5.74, 6) is -0.446. The summed E-state index contributed by atoms with van der Waals surface area (Å²) in [6, 6.07) is 5.79. The monoisotopic (exact) mass is 203 g/mol. The first-order chi connectivity index (χ1) is 7.13. The van der Waals surface area contributed by atoms with Gasteiger partial charge in [-0.15, -0.1) is 0 Å². The Morgan fingerprint density at radius 3 is 2.73 bits per heavy atom. The van der Waals surface area contributed by atoms with E-state index < -0.39 is 5.92 Å². The zero-order valence-corrected chi connectivity index (χ0v) is 8.78. The van der Waals surface area contributed by atoms with Gasteiger partial charge < -0.3 is 10.1 Å². The molecule has 3 heteroatoms. The molecule has 2 rings (SSSR count). The van der Waals surface area contributed by atoms with Crippen molar-refractivity contribution in [3.63, 3.8) is 0 Å². The van der Waals surface area contributed by atoms with Crippen molar-refractivity contribution in [2.24, 2.45) is 0 Å². The summed E-state index contributed by atoms with van der Waals surface area (Å²) in [5, 5.41) is 2.69. The van der Waals surface area contributed by atoms with E-state index in [-0.39, 0.29) is 5.91 Å². The number of amides is 1. The summed E-state index contributed by atoms with van der Waals surface area (Å²) in [6.45, 7) is 4.17. The number of rotatable bonds is 2. The average Bonchev–Trinajstić information content (AvgIpc) is 2.51. The predicted molar refractivity (Wildman–Crippen MR) is 58.0 cm³/mol. The van der Waals surface area contributed by atoms with Crippen LogP contribution in [0, 0.1) is 0 Å². The van der Waals surface area contributed by atoms with Crippen LogP contribution in [0.5, 0.6) is 0 Å². The molecule has 15 heavy (non-hydrogen) atoms. The quantitative estimate of drug-likeness (QED) is 0.590. The number of nitrogens with one attached hydrogen (secondary N) is 1. The van der Waals surface area contributed by atoms with Crippen LogP contribution < -0.4 is 5.32 Å². The first kappa shape index (κ1) is 9.90. The molecule has 0 aromatic heterocycles. The Morgan fingerprint density at radius 2 is 2.13 bits per heavy atom. The summed E-state index contributed by atoms with van der Waals surface area (Å²) >= 11 is 0. The molecule has 3 nitrogen and oxygen atoms in total. The minimum atomic E-state index is -0.626. The zero-order chi connectivity index (χ0) is 11.0. The highest BCUT2D eigenvalue weighted by Crippen LogP contribution is 2.33. The van der Waals surface area contributed by atoms with E-state index in [2.05, 4.69) is 19.2 Å². The third-order valence-corrected chi connectivity index (χ3v) is 2.75. The molecule has 1 unspecified atom stereocenters. The average molecular weight is 203 g/mol. The zero-order valence-electron chi connectivity index (χ0n) is 8.78. The van der Waals surface area contributed by atoms with Crippen LogP contribution in [-0.2, 0) is 9.59 Å². The molecule has 0 fully saturated rings. The number of anilines is 1. The Hall–Kier alpha value is -1.64. The second-order valence-corrected chi connectivity index (χ2v) is 4.10. The van der Waals surface area contributed by atoms with Crippen LogP contribution in [0.4, 0.5) is 5.69 Å². The Balaban J connectivity index is 2.49. The van der Waals surface area contributed by atoms with Crippen molar-refractivity contribution in [1.82, 2.24) is 0 Å². The molecule has 1 amide bonds. The van der Waals surface area contributed by atoms with Crippen LogP contribution in [0.15, 0.2) is 18.2 Å². The van der Waals surface area contributed by atoms with Gasteiger partial charge in [-0.1, -0.05) is 26.0 Å². The molecule has 0 saturated heterocycles. The molecular formula is C12H13NO2. The first-order valence-electron chi connectivity index (χ1n) is 5.03. The molecule has 1 aromatic carbocycles. The van der Waals surface area contributed by atoms with Gasteiger partial charge in [0.05, 0.1) is 0 Å². The van der Waals surface area contributed by atoms with Crippen molar-refractivity contribution < 1.29 is 9.59 Å². The van der Waals surface area contributed by atoms with E-state index in [0.29, 0.717) is 12.2 Å². The number of benzene rings is 1. The second kappa shape index (κ2) is 3.50. The molecule has 0 aliphatic carbocycles. The largest absolute Gasteiger partial charge is 0.325 e. The number of aldehydes is 1. The van der Waals surface area contributed by atoms with Gasteiger partial charge in [-0.25, -0.2) is 0 Å². The maximum Gasteiger partial charge on any atom is 0.239 e. The predicted octanol–water partition coefficient (Wildman–Crippen LogP) is 2.04. The first-order valence-corrected chi connectivity index (χ1v) is 5.03. The van der Waals surface area contributed by atoms with E-state index in [0.717, 1.165) is 16.8 Å². The van der Waals surface area contributed by atoms with Crippen LogP contribution in [-0.4, -0.2) is 12.2 Å². The highest BCUT2D eigenvalue weighted by atomic mass is 16.2. The number of carbonyl (C=O) groups is 2. The summed E-state index contributed by atoms with van der Waals surface area (Å²) in [4.78, 5) is 22.2. The molecule has 78 valence electrons. The van der Waals surface area contributed by atoms with E-state index in [1.165, 1.54) is 0 Å². The van der Waals surface area contributed by atoms with Gasteiger partial charge in [-0.05, 0) is 23.1 Å². The van der Waals surface area contributed by atoms with Crippen molar-refractivity contribution in [2.75, 3.05) is 5.32 Å². The molecule has 1 N–H and O–H groups in total. The third kappa shape index (κ3) is 1.54. The van der Waals surface area contributed by atoms with Gasteiger partial charge in [0.2, 0.25) is 5.91 Å². The van der Waals surface area contributed by atoms with Crippen molar-refractivity contribution in [2.45, 2.75) is 25.7 Å². The van der Waals surface area contributed by atoms with Gasteiger partial charge in [0.15, 0.2) is 0 Å². The molecule has 0 spiro atoms. The number of carbonyl (C=O) groups excluding carboxylic acids is 2. The molecule has 1 heterocycles. The van der Waals surface area contributed by atoms with E-state index in [1.54, 1.807) is 0 Å². The van der Waals surface area contributed by atoms with E-state index in [9.17, 15) is 9.59 Å². The molecule has 0 saturated carbocycles. The number of hydrogen-bond acceptors (Lipinski definition) is 2. The lowest BCUT2D eigenvalue weighted by Gasteiger charge is -2.08. The summed E-state index contributed by atoms with van der Waals surface area (Å²) < 4.78 is 0. The fourth-order valence-electron chi connectivity index (χ4n) is 1.80. The highest BCUT2D eigenvalue weighted by molar-refractivity contribution is 6.11. The Morgan fingerprint density at radius 1 is 1.40 bits per heavy atom. The molecule has 0 radical (unpaired) electrons. The van der Waals surface area contributed by atoms with Crippen molar-refractivity contribution in [1.29, 1.82) is 0 Å². The second-order valence-electron chi connectivity index (χ2n) is 4.10. The SMILES string of the molecule is CC(C)c1ccc2c(c1)C(C=O)C(=O)N2. The number of hydrogen-bond donors (Lipinski definition) is 1. The molecule has 1 aliphatic heterocycles. The van der Waals surface area contributed by atoms with E-state index in [1.807, 2.05) is 18.2 Å². The van der Waals surface area contributed by atoms with Crippen molar-refractivity contribution in [3.05, 3.63) is 29.3 Å². The van der Waals surface area contributed by atoms with Gasteiger partial charge in [-0.3, -0.25) is 4.79 Å². The minimum Gasteiger partial charge on any atom is -0.325 e. The standard InChI is InChI=1S/C12H13NO2/c1-7(2)8-3-4-11-9(5-8)10(6-14)12(15)13-11/h3-7,10H,1-2H3,(H,13,15). The van der Waals surface area contributed by atoms with E-state index in [4.69, 9.17) is 0 Å². The van der Waals surface area contributed by atoms with Gasteiger partial charge in [0, 0.05) is 5.69 Å². The van der Waals surface area contributed by atoms with Crippen LogP contribution in [0.2, 0.25) is 0 Å². The van der Waals surface area contributed by atoms with Gasteiger partial charge >= 0.3 is 0 Å². The topological polar surface area (TPSA) is 46.2 Å². The molecule has 1 atom stereocenters. The molecular weight excluding hydrogens is 190 g/mol. The normalized spacial score (nSPS) is 18.9. The fraction of sp³-hybridized carbons (Fsp3) is 0.333. The smallest absolute Gasteiger partial charge is 0.239 e. The maximum atomic E-state index is 11.4.